The van der Waals surface area contributed by atoms with Crippen molar-refractivity contribution >= 4 is 57.8 Å². The predicted molar refractivity (Wildman–Crippen MR) is 120 cm³/mol. The Kier molecular flexibility index (Phi) is 7.28. The fraction of sp³-hybridized carbons (Fsp3) is 0.100. The third kappa shape index (κ3) is 5.53. The number of hydrazine groups is 1. The van der Waals surface area contributed by atoms with Gasteiger partial charge in [-0.1, -0.05) is 48.2 Å². The van der Waals surface area contributed by atoms with Crippen molar-refractivity contribution in [3.05, 3.63) is 80.5 Å². The second-order valence-corrected chi connectivity index (χ2v) is 8.09. The summed E-state index contributed by atoms with van der Waals surface area (Å²) in [6.45, 7) is -0.0439. The van der Waals surface area contributed by atoms with E-state index in [0.717, 1.165) is 17.8 Å². The van der Waals surface area contributed by atoms with Crippen molar-refractivity contribution in [3.8, 4) is 0 Å². The first kappa shape index (κ1) is 23.0. The minimum absolute atomic E-state index is 0.00489. The van der Waals surface area contributed by atoms with Gasteiger partial charge in [-0.2, -0.15) is 0 Å². The fourth-order valence-corrected chi connectivity index (χ4v) is 3.96. The Balaban J connectivity index is 1.53. The molecule has 0 radical (unpaired) electrons. The van der Waals surface area contributed by atoms with Gasteiger partial charge in [0.1, 0.15) is 10.1 Å². The van der Waals surface area contributed by atoms with Crippen LogP contribution in [0.15, 0.2) is 53.4 Å². The number of benzene rings is 2. The summed E-state index contributed by atoms with van der Waals surface area (Å²) in [7, 11) is 0. The van der Waals surface area contributed by atoms with Gasteiger partial charge < -0.3 is 0 Å². The molecule has 2 aromatic rings. The van der Waals surface area contributed by atoms with Crippen molar-refractivity contribution < 1.29 is 23.7 Å². The Bertz CT molecular complexity index is 1150. The average molecular weight is 474 g/mol. The molecule has 164 valence electrons. The molecule has 0 aromatic heterocycles. The SMILES string of the molecule is O=C(CCN1C(=O)C(=Cc2ccccc2F)SC1=S)NNC(=O)c1cccc([N+](=O)[O-])c1. The topological polar surface area (TPSA) is 122 Å². The highest BCUT2D eigenvalue weighted by atomic mass is 32.2. The summed E-state index contributed by atoms with van der Waals surface area (Å²) in [6.07, 6.45) is 1.22. The summed E-state index contributed by atoms with van der Waals surface area (Å²) in [5.74, 6) is -2.26. The van der Waals surface area contributed by atoms with Gasteiger partial charge in [0.25, 0.3) is 17.5 Å². The molecule has 2 aromatic carbocycles. The third-order valence-corrected chi connectivity index (χ3v) is 5.64. The van der Waals surface area contributed by atoms with E-state index in [0.29, 0.717) is 0 Å². The fourth-order valence-electron chi connectivity index (χ4n) is 2.66. The number of thioether (sulfide) groups is 1. The van der Waals surface area contributed by atoms with Crippen LogP contribution in [0.5, 0.6) is 0 Å². The Morgan fingerprint density at radius 1 is 1.19 bits per heavy atom. The molecule has 9 nitrogen and oxygen atoms in total. The van der Waals surface area contributed by atoms with Gasteiger partial charge >= 0.3 is 0 Å². The van der Waals surface area contributed by atoms with Gasteiger partial charge in [0.05, 0.1) is 9.83 Å². The predicted octanol–water partition coefficient (Wildman–Crippen LogP) is 2.79. The molecule has 2 N–H and O–H groups in total. The highest BCUT2D eigenvalue weighted by Crippen LogP contribution is 2.32. The minimum Gasteiger partial charge on any atom is -0.292 e. The molecule has 1 heterocycles. The summed E-state index contributed by atoms with van der Waals surface area (Å²) in [5.41, 5.74) is 4.31. The van der Waals surface area contributed by atoms with Crippen LogP contribution < -0.4 is 10.9 Å². The van der Waals surface area contributed by atoms with Crippen LogP contribution in [0.3, 0.4) is 0 Å². The van der Waals surface area contributed by atoms with Gasteiger partial charge in [0, 0.05) is 36.2 Å². The molecule has 0 bridgehead atoms. The number of thiocarbonyl (C=S) groups is 1. The molecule has 1 saturated heterocycles. The van der Waals surface area contributed by atoms with Crippen LogP contribution in [0.4, 0.5) is 10.1 Å². The van der Waals surface area contributed by atoms with E-state index in [1.807, 2.05) is 0 Å². The summed E-state index contributed by atoms with van der Waals surface area (Å²) in [6, 6.07) is 11.0. The average Bonchev–Trinajstić information content (AvgIpc) is 3.04. The molecular formula is C20H15FN4O5S2. The molecule has 1 fully saturated rings. The van der Waals surface area contributed by atoms with E-state index in [1.54, 1.807) is 6.07 Å². The smallest absolute Gasteiger partial charge is 0.270 e. The number of nitro benzene ring substituents is 1. The van der Waals surface area contributed by atoms with Gasteiger partial charge in [-0.15, -0.1) is 0 Å². The maximum absolute atomic E-state index is 13.8. The molecule has 3 amide bonds. The molecule has 12 heteroatoms. The maximum atomic E-state index is 13.8. The van der Waals surface area contributed by atoms with Crippen LogP contribution in [0.1, 0.15) is 22.3 Å². The van der Waals surface area contributed by atoms with Crippen molar-refractivity contribution in [2.45, 2.75) is 6.42 Å². The first-order valence-electron chi connectivity index (χ1n) is 9.10. The van der Waals surface area contributed by atoms with E-state index >= 15 is 0 Å². The Morgan fingerprint density at radius 2 is 1.94 bits per heavy atom. The maximum Gasteiger partial charge on any atom is 0.270 e. The largest absolute Gasteiger partial charge is 0.292 e. The lowest BCUT2D eigenvalue weighted by Crippen LogP contribution is -2.43. The number of non-ortho nitro benzene ring substituents is 1. The molecule has 0 saturated carbocycles. The quantitative estimate of drug-likeness (QED) is 0.286. The highest BCUT2D eigenvalue weighted by molar-refractivity contribution is 8.26. The standard InChI is InChI=1S/C20H15FN4O5S2/c21-15-7-2-1-4-12(15)11-16-19(28)24(20(31)32-16)9-8-17(26)22-23-18(27)13-5-3-6-14(10-13)25(29)30/h1-7,10-11H,8-9H2,(H,22,26)(H,23,27). The number of rotatable bonds is 6. The van der Waals surface area contributed by atoms with Gasteiger partial charge in [-0.05, 0) is 18.2 Å². The first-order chi connectivity index (χ1) is 15.3. The summed E-state index contributed by atoms with van der Waals surface area (Å²) in [4.78, 5) is 48.3. The van der Waals surface area contributed by atoms with Crippen LogP contribution in [0, 0.1) is 15.9 Å². The lowest BCUT2D eigenvalue weighted by molar-refractivity contribution is -0.384. The van der Waals surface area contributed by atoms with E-state index < -0.39 is 28.5 Å². The normalized spacial score (nSPS) is 14.5. The number of carbonyl (C=O) groups excluding carboxylic acids is 3. The molecule has 1 aliphatic heterocycles. The van der Waals surface area contributed by atoms with Gasteiger partial charge in [-0.25, -0.2) is 4.39 Å². The van der Waals surface area contributed by atoms with Crippen LogP contribution in [0.2, 0.25) is 0 Å². The van der Waals surface area contributed by atoms with Crippen molar-refractivity contribution in [1.29, 1.82) is 0 Å². The molecule has 0 unspecified atom stereocenters. The second kappa shape index (κ2) is 10.1. The number of amides is 3. The monoisotopic (exact) mass is 474 g/mol. The Morgan fingerprint density at radius 3 is 2.66 bits per heavy atom. The summed E-state index contributed by atoms with van der Waals surface area (Å²) >= 11 is 6.18. The molecule has 1 aliphatic rings. The van der Waals surface area contributed by atoms with E-state index in [2.05, 4.69) is 10.9 Å². The minimum atomic E-state index is -0.736. The Hall–Kier alpha value is -3.64. The molecule has 3 rings (SSSR count). The first-order valence-corrected chi connectivity index (χ1v) is 10.3. The molecule has 32 heavy (non-hydrogen) atoms. The number of hydrogen-bond acceptors (Lipinski definition) is 7. The van der Waals surface area contributed by atoms with E-state index in [9.17, 15) is 28.9 Å². The van der Waals surface area contributed by atoms with Crippen molar-refractivity contribution in [3.63, 3.8) is 0 Å². The second-order valence-electron chi connectivity index (χ2n) is 6.41. The van der Waals surface area contributed by atoms with Crippen LogP contribution in [-0.4, -0.2) is 38.4 Å². The lowest BCUT2D eigenvalue weighted by atomic mass is 10.2. The number of nitro groups is 1. The summed E-state index contributed by atoms with van der Waals surface area (Å²) in [5, 5.41) is 10.8. The number of nitrogens with zero attached hydrogens (tertiary/aromatic N) is 2. The molecule has 0 atom stereocenters. The Labute approximate surface area is 190 Å². The zero-order valence-electron chi connectivity index (χ0n) is 16.2. The van der Waals surface area contributed by atoms with Gasteiger partial charge in [-0.3, -0.25) is 40.2 Å². The highest BCUT2D eigenvalue weighted by Gasteiger charge is 2.32. The van der Waals surface area contributed by atoms with Crippen molar-refractivity contribution in [2.24, 2.45) is 0 Å². The van der Waals surface area contributed by atoms with Gasteiger partial charge in [0.2, 0.25) is 5.91 Å². The molecule has 0 spiro atoms. The third-order valence-electron chi connectivity index (χ3n) is 4.26. The lowest BCUT2D eigenvalue weighted by Gasteiger charge is -2.14. The number of hydrogen-bond donors (Lipinski definition) is 2. The number of nitrogens with one attached hydrogen (secondary N) is 2. The van der Waals surface area contributed by atoms with Crippen LogP contribution in [0.25, 0.3) is 6.08 Å². The molecule has 0 aliphatic carbocycles. The molecular weight excluding hydrogens is 459 g/mol. The zero-order valence-corrected chi connectivity index (χ0v) is 17.9. The van der Waals surface area contributed by atoms with Crippen molar-refractivity contribution in [1.82, 2.24) is 15.8 Å². The van der Waals surface area contributed by atoms with Crippen molar-refractivity contribution in [2.75, 3.05) is 6.54 Å². The van der Waals surface area contributed by atoms with E-state index in [4.69, 9.17) is 12.2 Å². The van der Waals surface area contributed by atoms with E-state index in [1.165, 1.54) is 47.4 Å². The van der Waals surface area contributed by atoms with Crippen LogP contribution in [-0.2, 0) is 9.59 Å². The van der Waals surface area contributed by atoms with E-state index in [-0.39, 0.29) is 39.0 Å². The summed E-state index contributed by atoms with van der Waals surface area (Å²) < 4.78 is 14.0. The number of halogens is 1. The van der Waals surface area contributed by atoms with Gasteiger partial charge in [0.15, 0.2) is 0 Å². The number of carbonyl (C=O) groups is 3. The zero-order chi connectivity index (χ0) is 23.3. The van der Waals surface area contributed by atoms with Crippen LogP contribution >= 0.6 is 24.0 Å².